The van der Waals surface area contributed by atoms with Crippen molar-refractivity contribution in [3.05, 3.63) is 36.7 Å². The molecule has 0 spiro atoms. The molecule has 0 bridgehead atoms. The largest absolute Gasteiger partial charge is 0.315 e. The maximum Gasteiger partial charge on any atom is 0.243 e. The zero-order valence-electron chi connectivity index (χ0n) is 12.1. The van der Waals surface area contributed by atoms with E-state index < -0.39 is 22.7 Å². The van der Waals surface area contributed by atoms with Crippen molar-refractivity contribution in [3.8, 4) is 0 Å². The molecule has 1 atom stereocenters. The fourth-order valence-corrected chi connectivity index (χ4v) is 4.40. The predicted molar refractivity (Wildman–Crippen MR) is 82.9 cm³/mol. The summed E-state index contributed by atoms with van der Waals surface area (Å²) in [6.07, 6.45) is 3.98. The summed E-state index contributed by atoms with van der Waals surface area (Å²) in [5.41, 5.74) is 0. The highest BCUT2D eigenvalue weighted by Gasteiger charge is 2.32. The fraction of sp³-hybridized carbons (Fsp3) is 0.400. The van der Waals surface area contributed by atoms with Crippen LogP contribution >= 0.6 is 0 Å². The van der Waals surface area contributed by atoms with E-state index in [1.165, 1.54) is 4.31 Å². The first-order valence-corrected chi connectivity index (χ1v) is 8.69. The van der Waals surface area contributed by atoms with Gasteiger partial charge >= 0.3 is 0 Å². The molecule has 1 aromatic heterocycles. The van der Waals surface area contributed by atoms with Crippen LogP contribution in [0.2, 0.25) is 0 Å². The first-order valence-electron chi connectivity index (χ1n) is 7.25. The van der Waals surface area contributed by atoms with Crippen LogP contribution in [0.15, 0.2) is 41.6 Å². The molecule has 0 radical (unpaired) electrons. The van der Waals surface area contributed by atoms with Crippen LogP contribution in [-0.2, 0) is 10.0 Å². The van der Waals surface area contributed by atoms with Gasteiger partial charge in [-0.2, -0.15) is 4.31 Å². The zero-order valence-corrected chi connectivity index (χ0v) is 12.9. The van der Waals surface area contributed by atoms with Gasteiger partial charge in [0.15, 0.2) is 0 Å². The Morgan fingerprint density at radius 2 is 2.18 bits per heavy atom. The Labute approximate surface area is 129 Å². The molecule has 0 aliphatic carbocycles. The van der Waals surface area contributed by atoms with Crippen LogP contribution in [0.3, 0.4) is 0 Å². The maximum absolute atomic E-state index is 13.3. The fourth-order valence-electron chi connectivity index (χ4n) is 2.72. The lowest BCUT2D eigenvalue weighted by molar-refractivity contribution is 0.274. The van der Waals surface area contributed by atoms with Gasteiger partial charge in [-0.25, -0.2) is 12.8 Å². The summed E-state index contributed by atoms with van der Waals surface area (Å²) in [6, 6.07) is 6.04. The van der Waals surface area contributed by atoms with Gasteiger partial charge in [0.05, 0.1) is 10.9 Å². The minimum atomic E-state index is -3.71. The molecular weight excluding hydrogens is 305 g/mol. The van der Waals surface area contributed by atoms with E-state index in [1.54, 1.807) is 36.7 Å². The molecule has 2 aromatic rings. The highest BCUT2D eigenvalue weighted by molar-refractivity contribution is 7.89. The summed E-state index contributed by atoms with van der Waals surface area (Å²) in [4.78, 5) is 4.22. The van der Waals surface area contributed by atoms with Crippen molar-refractivity contribution in [3.63, 3.8) is 0 Å². The van der Waals surface area contributed by atoms with Crippen molar-refractivity contribution in [2.45, 2.75) is 17.4 Å². The van der Waals surface area contributed by atoms with Crippen LogP contribution in [0.4, 0.5) is 4.39 Å². The normalized spacial score (nSPS) is 20.9. The van der Waals surface area contributed by atoms with E-state index in [0.29, 0.717) is 26.1 Å². The van der Waals surface area contributed by atoms with Gasteiger partial charge in [-0.1, -0.05) is 6.07 Å². The summed E-state index contributed by atoms with van der Waals surface area (Å²) < 4.78 is 40.3. The monoisotopic (exact) mass is 323 g/mol. The van der Waals surface area contributed by atoms with Gasteiger partial charge in [-0.15, -0.1) is 0 Å². The summed E-state index contributed by atoms with van der Waals surface area (Å²) in [6.45, 7) is 0.682. The molecule has 1 N–H and O–H groups in total. The van der Waals surface area contributed by atoms with E-state index in [1.807, 2.05) is 0 Å². The highest BCUT2D eigenvalue weighted by atomic mass is 32.2. The molecule has 0 saturated carbocycles. The minimum Gasteiger partial charge on any atom is -0.315 e. The van der Waals surface area contributed by atoms with Gasteiger partial charge in [0.25, 0.3) is 0 Å². The van der Waals surface area contributed by atoms with Crippen LogP contribution in [0.25, 0.3) is 10.8 Å². The van der Waals surface area contributed by atoms with Gasteiger partial charge in [-0.3, -0.25) is 4.98 Å². The Bertz CT molecular complexity index is 766. The van der Waals surface area contributed by atoms with Crippen LogP contribution in [0.1, 0.15) is 6.42 Å². The van der Waals surface area contributed by atoms with Gasteiger partial charge in [0, 0.05) is 30.9 Å². The number of benzene rings is 1. The van der Waals surface area contributed by atoms with Crippen molar-refractivity contribution < 1.29 is 12.8 Å². The molecule has 0 amide bonds. The lowest BCUT2D eigenvalue weighted by Crippen LogP contribution is -2.44. The van der Waals surface area contributed by atoms with E-state index >= 15 is 0 Å². The van der Waals surface area contributed by atoms with E-state index in [9.17, 15) is 12.8 Å². The standard InChI is InChI=1S/C15H18FN3O2S/c16-9-14-11-17-5-1-7-19(14)22(20,21)15-3-2-13-10-18-6-4-12(13)8-15/h2-4,6,8,10,14,17H,1,5,7,9,11H2/t14-/m1/s1. The van der Waals surface area contributed by atoms with Crippen molar-refractivity contribution >= 4 is 20.8 Å². The highest BCUT2D eigenvalue weighted by Crippen LogP contribution is 2.23. The second-order valence-corrected chi connectivity index (χ2v) is 7.26. The van der Waals surface area contributed by atoms with Gasteiger partial charge < -0.3 is 5.32 Å². The molecule has 1 aliphatic rings. The Morgan fingerprint density at radius 1 is 1.32 bits per heavy atom. The second kappa shape index (κ2) is 6.28. The lowest BCUT2D eigenvalue weighted by atomic mass is 10.2. The minimum absolute atomic E-state index is 0.201. The molecule has 5 nitrogen and oxygen atoms in total. The van der Waals surface area contributed by atoms with Gasteiger partial charge in [-0.05, 0) is 36.6 Å². The summed E-state index contributed by atoms with van der Waals surface area (Å²) in [5, 5.41) is 4.76. The van der Waals surface area contributed by atoms with Crippen molar-refractivity contribution in [1.29, 1.82) is 0 Å². The molecule has 1 aliphatic heterocycles. The molecule has 2 heterocycles. The van der Waals surface area contributed by atoms with Crippen molar-refractivity contribution in [2.24, 2.45) is 0 Å². The number of nitrogens with zero attached hydrogens (tertiary/aromatic N) is 2. The molecule has 7 heteroatoms. The van der Waals surface area contributed by atoms with Gasteiger partial charge in [0.2, 0.25) is 10.0 Å². The average Bonchev–Trinajstić information content (AvgIpc) is 2.80. The molecule has 1 fully saturated rings. The topological polar surface area (TPSA) is 62.3 Å². The molecule has 0 unspecified atom stereocenters. The van der Waals surface area contributed by atoms with Crippen LogP contribution in [-0.4, -0.2) is 50.1 Å². The summed E-state index contributed by atoms with van der Waals surface area (Å²) in [5.74, 6) is 0. The SMILES string of the molecule is O=S(=O)(c1ccc2cnccc2c1)N1CCCNC[C@H]1CF. The Balaban J connectivity index is 2.02. The number of hydrogen-bond acceptors (Lipinski definition) is 4. The van der Waals surface area contributed by atoms with E-state index in [4.69, 9.17) is 0 Å². The Kier molecular flexibility index (Phi) is 4.37. The number of aromatic nitrogens is 1. The number of hydrogen-bond donors (Lipinski definition) is 1. The number of rotatable bonds is 3. The van der Waals surface area contributed by atoms with Crippen LogP contribution in [0.5, 0.6) is 0 Å². The first kappa shape index (κ1) is 15.3. The smallest absolute Gasteiger partial charge is 0.243 e. The quantitative estimate of drug-likeness (QED) is 0.931. The predicted octanol–water partition coefficient (Wildman–Crippen LogP) is 1.56. The number of sulfonamides is 1. The van der Waals surface area contributed by atoms with E-state index in [0.717, 1.165) is 10.8 Å². The average molecular weight is 323 g/mol. The van der Waals surface area contributed by atoms with Crippen LogP contribution < -0.4 is 5.32 Å². The first-order chi connectivity index (χ1) is 10.6. The van der Waals surface area contributed by atoms with Crippen molar-refractivity contribution in [2.75, 3.05) is 26.3 Å². The van der Waals surface area contributed by atoms with Crippen molar-refractivity contribution in [1.82, 2.24) is 14.6 Å². The summed E-state index contributed by atoms with van der Waals surface area (Å²) in [7, 11) is -3.71. The number of fused-ring (bicyclic) bond motifs is 1. The number of nitrogens with one attached hydrogen (secondary N) is 1. The zero-order chi connectivity index (χ0) is 15.6. The third-order valence-electron chi connectivity index (χ3n) is 3.92. The molecular formula is C15H18FN3O2S. The van der Waals surface area contributed by atoms with Crippen LogP contribution in [0, 0.1) is 0 Å². The third-order valence-corrected chi connectivity index (χ3v) is 5.86. The molecule has 1 aromatic carbocycles. The lowest BCUT2D eigenvalue weighted by Gasteiger charge is -2.26. The molecule has 22 heavy (non-hydrogen) atoms. The van der Waals surface area contributed by atoms with E-state index in [2.05, 4.69) is 10.3 Å². The summed E-state index contributed by atoms with van der Waals surface area (Å²) >= 11 is 0. The Morgan fingerprint density at radius 3 is 3.00 bits per heavy atom. The maximum atomic E-state index is 13.3. The van der Waals surface area contributed by atoms with Gasteiger partial charge in [0.1, 0.15) is 6.67 Å². The third kappa shape index (κ3) is 2.84. The number of halogens is 1. The van der Waals surface area contributed by atoms with E-state index in [-0.39, 0.29) is 4.90 Å². The number of alkyl halides is 1. The Hall–Kier alpha value is -1.57. The molecule has 118 valence electrons. The number of pyridine rings is 1. The second-order valence-electron chi connectivity index (χ2n) is 5.37. The molecule has 1 saturated heterocycles. The molecule has 3 rings (SSSR count).